The normalized spacial score (nSPS) is 25.4. The molecule has 0 aromatic carbocycles. The van der Waals surface area contributed by atoms with E-state index in [-0.39, 0.29) is 24.2 Å². The molecule has 2 rings (SSSR count). The average Bonchev–Trinajstić information content (AvgIpc) is 2.66. The zero-order valence-corrected chi connectivity index (χ0v) is 13.6. The number of nitrogens with zero attached hydrogens (tertiary/aromatic N) is 2. The monoisotopic (exact) mass is 297 g/mol. The molecular weight excluding hydrogens is 274 g/mol. The van der Waals surface area contributed by atoms with Crippen LogP contribution in [0.4, 0.5) is 5.13 Å². The number of morpholine rings is 1. The van der Waals surface area contributed by atoms with Gasteiger partial charge in [0.15, 0.2) is 5.13 Å². The van der Waals surface area contributed by atoms with Crippen LogP contribution in [0, 0.1) is 13.8 Å². The molecule has 1 saturated heterocycles. The number of amides is 1. The summed E-state index contributed by atoms with van der Waals surface area (Å²) in [6.07, 6.45) is 0.330. The molecule has 5 nitrogen and oxygen atoms in total. The minimum Gasteiger partial charge on any atom is -0.373 e. The molecule has 0 radical (unpaired) electrons. The summed E-state index contributed by atoms with van der Waals surface area (Å²) in [5.41, 5.74) is 0.978. The van der Waals surface area contributed by atoms with Gasteiger partial charge in [0.1, 0.15) is 0 Å². The van der Waals surface area contributed by atoms with Gasteiger partial charge in [-0.05, 0) is 34.6 Å². The van der Waals surface area contributed by atoms with Crippen molar-refractivity contribution in [2.24, 2.45) is 0 Å². The molecule has 1 aliphatic rings. The fraction of sp³-hybridized carbons (Fsp3) is 0.714. The van der Waals surface area contributed by atoms with E-state index in [9.17, 15) is 4.79 Å². The number of anilines is 1. The Hall–Kier alpha value is -0.980. The molecule has 2 heterocycles. The van der Waals surface area contributed by atoms with Gasteiger partial charge < -0.3 is 10.1 Å². The summed E-state index contributed by atoms with van der Waals surface area (Å²) < 4.78 is 5.70. The number of rotatable bonds is 3. The highest BCUT2D eigenvalue weighted by molar-refractivity contribution is 7.15. The molecule has 0 aliphatic carbocycles. The number of carbonyl (C=O) groups is 1. The third-order valence-electron chi connectivity index (χ3n) is 3.63. The highest BCUT2D eigenvalue weighted by Gasteiger charge is 2.29. The van der Waals surface area contributed by atoms with E-state index in [1.165, 1.54) is 11.3 Å². The predicted molar refractivity (Wildman–Crippen MR) is 81.3 cm³/mol. The van der Waals surface area contributed by atoms with Crippen LogP contribution in [0.25, 0.3) is 0 Å². The van der Waals surface area contributed by atoms with Gasteiger partial charge in [-0.1, -0.05) is 0 Å². The van der Waals surface area contributed by atoms with Gasteiger partial charge in [-0.2, -0.15) is 0 Å². The van der Waals surface area contributed by atoms with Crippen molar-refractivity contribution in [2.75, 3.05) is 18.4 Å². The molecule has 0 spiro atoms. The van der Waals surface area contributed by atoms with Gasteiger partial charge >= 0.3 is 0 Å². The Kier molecular flexibility index (Phi) is 4.78. The van der Waals surface area contributed by atoms with E-state index in [1.54, 1.807) is 0 Å². The van der Waals surface area contributed by atoms with Crippen molar-refractivity contribution in [1.82, 2.24) is 9.88 Å². The lowest BCUT2D eigenvalue weighted by Crippen LogP contribution is -2.52. The summed E-state index contributed by atoms with van der Waals surface area (Å²) in [6, 6.07) is -0.173. The summed E-state index contributed by atoms with van der Waals surface area (Å²) in [4.78, 5) is 20.0. The Bertz CT molecular complexity index is 459. The smallest absolute Gasteiger partial charge is 0.243 e. The van der Waals surface area contributed by atoms with E-state index < -0.39 is 0 Å². The van der Waals surface area contributed by atoms with Crippen LogP contribution in [0.1, 0.15) is 31.3 Å². The third-order valence-corrected chi connectivity index (χ3v) is 4.62. The van der Waals surface area contributed by atoms with Crippen LogP contribution in [-0.2, 0) is 9.53 Å². The zero-order chi connectivity index (χ0) is 14.9. The maximum atomic E-state index is 12.3. The molecule has 1 aliphatic heterocycles. The topological polar surface area (TPSA) is 54.5 Å². The molecule has 1 fully saturated rings. The molecule has 0 saturated carbocycles. The summed E-state index contributed by atoms with van der Waals surface area (Å²) in [5, 5.41) is 3.60. The van der Waals surface area contributed by atoms with Crippen LogP contribution in [0.2, 0.25) is 0 Å². The van der Waals surface area contributed by atoms with Gasteiger partial charge in [-0.15, -0.1) is 11.3 Å². The average molecular weight is 297 g/mol. The number of aromatic nitrogens is 1. The maximum Gasteiger partial charge on any atom is 0.243 e. The number of hydrogen-bond donors (Lipinski definition) is 1. The Labute approximate surface area is 124 Å². The van der Waals surface area contributed by atoms with Crippen LogP contribution < -0.4 is 5.32 Å². The molecule has 20 heavy (non-hydrogen) atoms. The number of hydrogen-bond acceptors (Lipinski definition) is 5. The first-order valence-corrected chi connectivity index (χ1v) is 7.83. The molecular formula is C14H23N3O2S. The minimum atomic E-state index is -0.173. The first-order valence-electron chi connectivity index (χ1n) is 7.01. The summed E-state index contributed by atoms with van der Waals surface area (Å²) in [5.74, 6) is 0.0000463. The van der Waals surface area contributed by atoms with E-state index in [0.29, 0.717) is 5.13 Å². The number of thiazole rings is 1. The highest BCUT2D eigenvalue weighted by Crippen LogP contribution is 2.22. The Balaban J connectivity index is 1.97. The number of carbonyl (C=O) groups excluding carboxylic acids is 1. The Morgan fingerprint density at radius 1 is 1.40 bits per heavy atom. The molecule has 0 bridgehead atoms. The SMILES string of the molecule is Cc1nc(NC(=O)[C@H](C)N2C[C@H](C)O[C@@H](C)C2)sc1C. The third kappa shape index (κ3) is 3.56. The van der Waals surface area contributed by atoms with Crippen LogP contribution in [0.3, 0.4) is 0 Å². The highest BCUT2D eigenvalue weighted by atomic mass is 32.1. The lowest BCUT2D eigenvalue weighted by Gasteiger charge is -2.38. The fourth-order valence-electron chi connectivity index (χ4n) is 2.44. The Morgan fingerprint density at radius 3 is 2.50 bits per heavy atom. The van der Waals surface area contributed by atoms with Crippen molar-refractivity contribution in [3.63, 3.8) is 0 Å². The van der Waals surface area contributed by atoms with Gasteiger partial charge in [-0.25, -0.2) is 4.98 Å². The quantitative estimate of drug-likeness (QED) is 0.929. The second kappa shape index (κ2) is 6.20. The van der Waals surface area contributed by atoms with Gasteiger partial charge in [0.05, 0.1) is 23.9 Å². The molecule has 112 valence electrons. The lowest BCUT2D eigenvalue weighted by molar-refractivity contribution is -0.126. The second-order valence-electron chi connectivity index (χ2n) is 5.54. The number of aryl methyl sites for hydroxylation is 2. The van der Waals surface area contributed by atoms with Crippen LogP contribution in [-0.4, -0.2) is 47.1 Å². The van der Waals surface area contributed by atoms with E-state index in [1.807, 2.05) is 34.6 Å². The molecule has 1 N–H and O–H groups in total. The first kappa shape index (κ1) is 15.4. The fourth-order valence-corrected chi connectivity index (χ4v) is 3.25. The van der Waals surface area contributed by atoms with Gasteiger partial charge in [-0.3, -0.25) is 9.69 Å². The van der Waals surface area contributed by atoms with Crippen molar-refractivity contribution in [2.45, 2.75) is 52.9 Å². The lowest BCUT2D eigenvalue weighted by atomic mass is 10.1. The summed E-state index contributed by atoms with van der Waals surface area (Å²) in [6.45, 7) is 11.6. The zero-order valence-electron chi connectivity index (χ0n) is 12.8. The largest absolute Gasteiger partial charge is 0.373 e. The van der Waals surface area contributed by atoms with Crippen molar-refractivity contribution in [3.8, 4) is 0 Å². The first-order chi connectivity index (χ1) is 9.36. The van der Waals surface area contributed by atoms with E-state index in [0.717, 1.165) is 23.7 Å². The van der Waals surface area contributed by atoms with Crippen LogP contribution in [0.5, 0.6) is 0 Å². The molecule has 1 aromatic rings. The van der Waals surface area contributed by atoms with Crippen molar-refractivity contribution >= 4 is 22.4 Å². The van der Waals surface area contributed by atoms with Gasteiger partial charge in [0.25, 0.3) is 0 Å². The predicted octanol–water partition coefficient (Wildman–Crippen LogP) is 2.20. The van der Waals surface area contributed by atoms with E-state index >= 15 is 0 Å². The van der Waals surface area contributed by atoms with Crippen molar-refractivity contribution in [1.29, 1.82) is 0 Å². The molecule has 1 amide bonds. The second-order valence-corrected chi connectivity index (χ2v) is 6.74. The van der Waals surface area contributed by atoms with Gasteiger partial charge in [0, 0.05) is 18.0 Å². The Morgan fingerprint density at radius 2 is 2.00 bits per heavy atom. The molecule has 0 unspecified atom stereocenters. The van der Waals surface area contributed by atoms with Crippen LogP contribution >= 0.6 is 11.3 Å². The summed E-state index contributed by atoms with van der Waals surface area (Å²) >= 11 is 1.52. The van der Waals surface area contributed by atoms with Gasteiger partial charge in [0.2, 0.25) is 5.91 Å². The minimum absolute atomic E-state index is 0.0000463. The molecule has 6 heteroatoms. The van der Waals surface area contributed by atoms with Crippen LogP contribution in [0.15, 0.2) is 0 Å². The van der Waals surface area contributed by atoms with E-state index in [2.05, 4.69) is 15.2 Å². The van der Waals surface area contributed by atoms with Crippen molar-refractivity contribution in [3.05, 3.63) is 10.6 Å². The van der Waals surface area contributed by atoms with Crippen molar-refractivity contribution < 1.29 is 9.53 Å². The molecule has 1 aromatic heterocycles. The number of ether oxygens (including phenoxy) is 1. The maximum absolute atomic E-state index is 12.3. The number of nitrogens with one attached hydrogen (secondary N) is 1. The summed E-state index contributed by atoms with van der Waals surface area (Å²) in [7, 11) is 0. The standard InChI is InChI=1S/C14H23N3O2S/c1-8-6-17(7-9(2)19-8)11(4)13(18)16-14-15-10(3)12(5)20-14/h8-9,11H,6-7H2,1-5H3,(H,15,16,18)/t8-,9-,11-/m0/s1. The van der Waals surface area contributed by atoms with E-state index in [4.69, 9.17) is 4.74 Å². The molecule has 3 atom stereocenters.